The summed E-state index contributed by atoms with van der Waals surface area (Å²) in [6, 6.07) is 8.89. The van der Waals surface area contributed by atoms with E-state index in [9.17, 15) is 9.59 Å². The number of para-hydroxylation sites is 1. The topological polar surface area (TPSA) is 77.1 Å². The van der Waals surface area contributed by atoms with E-state index < -0.39 is 0 Å². The molecule has 1 heterocycles. The van der Waals surface area contributed by atoms with E-state index in [0.29, 0.717) is 5.69 Å². The molecule has 0 fully saturated rings. The molecule has 0 spiro atoms. The SMILES string of the molecule is CCc1cccc(CC)c1NC(=O)Cn1cc(N)ccc1=O. The van der Waals surface area contributed by atoms with Gasteiger partial charge in [-0.25, -0.2) is 0 Å². The molecule has 0 aliphatic rings. The second kappa shape index (κ2) is 6.93. The van der Waals surface area contributed by atoms with Crippen LogP contribution in [0.15, 0.2) is 41.3 Å². The Bertz CT molecular complexity index is 713. The van der Waals surface area contributed by atoms with Gasteiger partial charge in [-0.1, -0.05) is 32.0 Å². The fourth-order valence-electron chi connectivity index (χ4n) is 2.41. The van der Waals surface area contributed by atoms with Crippen molar-refractivity contribution in [3.63, 3.8) is 0 Å². The monoisotopic (exact) mass is 299 g/mol. The number of nitrogens with zero attached hydrogens (tertiary/aromatic N) is 1. The maximum atomic E-state index is 12.3. The summed E-state index contributed by atoms with van der Waals surface area (Å²) in [5, 5.41) is 2.94. The van der Waals surface area contributed by atoms with Gasteiger partial charge < -0.3 is 15.6 Å². The van der Waals surface area contributed by atoms with Gasteiger partial charge in [-0.2, -0.15) is 0 Å². The molecule has 0 unspecified atom stereocenters. The van der Waals surface area contributed by atoms with Crippen LogP contribution in [0.25, 0.3) is 0 Å². The summed E-state index contributed by atoms with van der Waals surface area (Å²) >= 11 is 0. The molecule has 22 heavy (non-hydrogen) atoms. The number of nitrogen functional groups attached to an aromatic ring is 1. The molecule has 0 aliphatic carbocycles. The maximum absolute atomic E-state index is 12.3. The third-order valence-corrected chi connectivity index (χ3v) is 3.58. The number of rotatable bonds is 5. The molecule has 0 radical (unpaired) electrons. The van der Waals surface area contributed by atoms with E-state index in [2.05, 4.69) is 5.32 Å². The maximum Gasteiger partial charge on any atom is 0.251 e. The average Bonchev–Trinajstić information content (AvgIpc) is 2.51. The zero-order valence-electron chi connectivity index (χ0n) is 12.9. The van der Waals surface area contributed by atoms with Gasteiger partial charge in [0.2, 0.25) is 5.91 Å². The van der Waals surface area contributed by atoms with E-state index in [1.54, 1.807) is 0 Å². The Morgan fingerprint density at radius 2 is 1.77 bits per heavy atom. The predicted octanol–water partition coefficient (Wildman–Crippen LogP) is 2.19. The van der Waals surface area contributed by atoms with Crippen molar-refractivity contribution >= 4 is 17.3 Å². The smallest absolute Gasteiger partial charge is 0.251 e. The Kier molecular flexibility index (Phi) is 4.99. The second-order valence-corrected chi connectivity index (χ2v) is 5.14. The number of anilines is 2. The number of aromatic nitrogens is 1. The van der Waals surface area contributed by atoms with E-state index in [1.807, 2.05) is 32.0 Å². The van der Waals surface area contributed by atoms with E-state index in [-0.39, 0.29) is 18.0 Å². The first-order valence-electron chi connectivity index (χ1n) is 7.41. The van der Waals surface area contributed by atoms with Crippen molar-refractivity contribution in [2.24, 2.45) is 0 Å². The van der Waals surface area contributed by atoms with E-state index >= 15 is 0 Å². The highest BCUT2D eigenvalue weighted by Gasteiger charge is 2.11. The summed E-state index contributed by atoms with van der Waals surface area (Å²) in [7, 11) is 0. The Labute approximate surface area is 129 Å². The third-order valence-electron chi connectivity index (χ3n) is 3.58. The summed E-state index contributed by atoms with van der Waals surface area (Å²) in [5.41, 5.74) is 8.90. The van der Waals surface area contributed by atoms with Crippen LogP contribution in [0.4, 0.5) is 11.4 Å². The first-order valence-corrected chi connectivity index (χ1v) is 7.41. The normalized spacial score (nSPS) is 10.5. The van der Waals surface area contributed by atoms with Gasteiger partial charge in [-0.15, -0.1) is 0 Å². The number of carbonyl (C=O) groups is 1. The number of nitrogens with two attached hydrogens (primary N) is 1. The lowest BCUT2D eigenvalue weighted by atomic mass is 10.0. The van der Waals surface area contributed by atoms with Crippen LogP contribution < -0.4 is 16.6 Å². The fourth-order valence-corrected chi connectivity index (χ4v) is 2.41. The van der Waals surface area contributed by atoms with E-state index in [1.165, 1.54) is 22.9 Å². The number of aryl methyl sites for hydroxylation is 2. The molecule has 3 N–H and O–H groups in total. The molecule has 5 heteroatoms. The molecule has 5 nitrogen and oxygen atoms in total. The Morgan fingerprint density at radius 3 is 2.36 bits per heavy atom. The zero-order chi connectivity index (χ0) is 16.1. The van der Waals surface area contributed by atoms with Crippen molar-refractivity contribution in [2.75, 3.05) is 11.1 Å². The first-order chi connectivity index (χ1) is 10.5. The number of benzene rings is 1. The summed E-state index contributed by atoms with van der Waals surface area (Å²) in [6.45, 7) is 4.05. The van der Waals surface area contributed by atoms with E-state index in [4.69, 9.17) is 5.73 Å². The van der Waals surface area contributed by atoms with Crippen molar-refractivity contribution in [2.45, 2.75) is 33.2 Å². The van der Waals surface area contributed by atoms with Crippen LogP contribution in [-0.2, 0) is 24.2 Å². The summed E-state index contributed by atoms with van der Waals surface area (Å²) in [5.74, 6) is -0.233. The highest BCUT2D eigenvalue weighted by Crippen LogP contribution is 2.22. The second-order valence-electron chi connectivity index (χ2n) is 5.14. The van der Waals surface area contributed by atoms with Gasteiger partial charge in [0.1, 0.15) is 6.54 Å². The van der Waals surface area contributed by atoms with Crippen LogP contribution in [-0.4, -0.2) is 10.5 Å². The molecule has 1 amide bonds. The molecule has 0 bridgehead atoms. The molecule has 0 atom stereocenters. The summed E-state index contributed by atoms with van der Waals surface area (Å²) in [6.07, 6.45) is 3.15. The molecule has 0 aliphatic heterocycles. The number of hydrogen-bond donors (Lipinski definition) is 2. The Hall–Kier alpha value is -2.56. The minimum absolute atomic E-state index is 0.0505. The number of pyridine rings is 1. The molecular weight excluding hydrogens is 278 g/mol. The van der Waals surface area contributed by atoms with Crippen LogP contribution in [0.3, 0.4) is 0 Å². The largest absolute Gasteiger partial charge is 0.398 e. The van der Waals surface area contributed by atoms with E-state index in [0.717, 1.165) is 29.7 Å². The van der Waals surface area contributed by atoms with Crippen LogP contribution in [0, 0.1) is 0 Å². The zero-order valence-corrected chi connectivity index (χ0v) is 12.9. The highest BCUT2D eigenvalue weighted by molar-refractivity contribution is 5.92. The molecule has 0 saturated heterocycles. The van der Waals surface area contributed by atoms with Crippen molar-refractivity contribution in [1.29, 1.82) is 0 Å². The van der Waals surface area contributed by atoms with Gasteiger partial charge in [0.15, 0.2) is 0 Å². The Morgan fingerprint density at radius 1 is 1.14 bits per heavy atom. The van der Waals surface area contributed by atoms with Crippen LogP contribution in [0.1, 0.15) is 25.0 Å². The quantitative estimate of drug-likeness (QED) is 0.888. The van der Waals surface area contributed by atoms with Crippen LogP contribution >= 0.6 is 0 Å². The average molecular weight is 299 g/mol. The lowest BCUT2D eigenvalue weighted by Crippen LogP contribution is -2.27. The van der Waals surface area contributed by atoms with Gasteiger partial charge in [-0.3, -0.25) is 9.59 Å². The van der Waals surface area contributed by atoms with Gasteiger partial charge in [0.25, 0.3) is 5.56 Å². The van der Waals surface area contributed by atoms with Gasteiger partial charge in [0, 0.05) is 23.6 Å². The van der Waals surface area contributed by atoms with Gasteiger partial charge >= 0.3 is 0 Å². The van der Waals surface area contributed by atoms with Crippen LogP contribution in [0.5, 0.6) is 0 Å². The van der Waals surface area contributed by atoms with Crippen molar-refractivity contribution in [1.82, 2.24) is 4.57 Å². The number of hydrogen-bond acceptors (Lipinski definition) is 3. The van der Waals surface area contributed by atoms with Gasteiger partial charge in [0.05, 0.1) is 0 Å². The summed E-state index contributed by atoms with van der Waals surface area (Å²) < 4.78 is 1.31. The molecular formula is C17H21N3O2. The highest BCUT2D eigenvalue weighted by atomic mass is 16.2. The lowest BCUT2D eigenvalue weighted by molar-refractivity contribution is -0.116. The number of amides is 1. The molecule has 0 saturated carbocycles. The first kappa shape index (κ1) is 15.8. The molecule has 2 aromatic rings. The summed E-state index contributed by atoms with van der Waals surface area (Å²) in [4.78, 5) is 24.0. The van der Waals surface area contributed by atoms with Crippen molar-refractivity contribution in [3.05, 3.63) is 58.0 Å². The fraction of sp³-hybridized carbons (Fsp3) is 0.294. The number of nitrogens with one attached hydrogen (secondary N) is 1. The Balaban J connectivity index is 2.22. The standard InChI is InChI=1S/C17H21N3O2/c1-3-12-6-5-7-13(4-2)17(12)19-15(21)11-20-10-14(18)8-9-16(20)22/h5-10H,3-4,11,18H2,1-2H3,(H,19,21). The van der Waals surface area contributed by atoms with Crippen molar-refractivity contribution < 1.29 is 4.79 Å². The number of carbonyl (C=O) groups excluding carboxylic acids is 1. The van der Waals surface area contributed by atoms with Crippen LogP contribution in [0.2, 0.25) is 0 Å². The molecule has 1 aromatic carbocycles. The molecule has 1 aromatic heterocycles. The van der Waals surface area contributed by atoms with Crippen molar-refractivity contribution in [3.8, 4) is 0 Å². The predicted molar refractivity (Wildman–Crippen MR) is 88.9 cm³/mol. The minimum Gasteiger partial charge on any atom is -0.398 e. The molecule has 116 valence electrons. The third kappa shape index (κ3) is 3.55. The lowest BCUT2D eigenvalue weighted by Gasteiger charge is -2.15. The minimum atomic E-state index is -0.246. The van der Waals surface area contributed by atoms with Gasteiger partial charge in [-0.05, 0) is 30.0 Å². The molecule has 2 rings (SSSR count).